The van der Waals surface area contributed by atoms with Gasteiger partial charge in [0.05, 0.1) is 17.7 Å². The molecule has 1 N–H and O–H groups in total. The van der Waals surface area contributed by atoms with Gasteiger partial charge >= 0.3 is 0 Å². The molecule has 0 aliphatic heterocycles. The largest absolute Gasteiger partial charge is 0.497 e. The maximum Gasteiger partial charge on any atom is 0.257 e. The van der Waals surface area contributed by atoms with Gasteiger partial charge in [-0.05, 0) is 55.5 Å². The van der Waals surface area contributed by atoms with Gasteiger partial charge in [0.2, 0.25) is 5.78 Å². The summed E-state index contributed by atoms with van der Waals surface area (Å²) in [6.07, 6.45) is 0. The van der Waals surface area contributed by atoms with Crippen molar-refractivity contribution in [2.24, 2.45) is 0 Å². The number of methoxy groups -OCH3 is 1. The van der Waals surface area contributed by atoms with Gasteiger partial charge in [0.1, 0.15) is 11.3 Å². The van der Waals surface area contributed by atoms with Crippen LogP contribution in [0, 0.1) is 6.92 Å². The van der Waals surface area contributed by atoms with Crippen LogP contribution in [0.15, 0.2) is 71.1 Å². The molecule has 4 rings (SSSR count). The van der Waals surface area contributed by atoms with Gasteiger partial charge < -0.3 is 14.5 Å². The molecule has 4 aromatic rings. The molecule has 0 bridgehead atoms. The van der Waals surface area contributed by atoms with Crippen molar-refractivity contribution in [3.63, 3.8) is 0 Å². The molecule has 5 nitrogen and oxygen atoms in total. The van der Waals surface area contributed by atoms with Crippen LogP contribution in [0.2, 0.25) is 5.02 Å². The number of amides is 1. The first-order chi connectivity index (χ1) is 14.5. The summed E-state index contributed by atoms with van der Waals surface area (Å²) in [5.41, 5.74) is 2.69. The van der Waals surface area contributed by atoms with Crippen molar-refractivity contribution in [3.8, 4) is 5.75 Å². The molecule has 0 saturated heterocycles. The van der Waals surface area contributed by atoms with Gasteiger partial charge in [0.15, 0.2) is 5.76 Å². The third kappa shape index (κ3) is 3.67. The van der Waals surface area contributed by atoms with Gasteiger partial charge in [0.25, 0.3) is 5.91 Å². The molecule has 0 aliphatic carbocycles. The van der Waals surface area contributed by atoms with Crippen LogP contribution in [-0.4, -0.2) is 18.8 Å². The number of halogens is 1. The van der Waals surface area contributed by atoms with Crippen molar-refractivity contribution >= 4 is 39.9 Å². The van der Waals surface area contributed by atoms with Gasteiger partial charge in [-0.2, -0.15) is 0 Å². The van der Waals surface area contributed by atoms with Crippen LogP contribution >= 0.6 is 11.6 Å². The van der Waals surface area contributed by atoms with E-state index < -0.39 is 0 Å². The minimum absolute atomic E-state index is 0.215. The Morgan fingerprint density at radius 2 is 1.73 bits per heavy atom. The molecule has 0 saturated carbocycles. The predicted octanol–water partition coefficient (Wildman–Crippen LogP) is 5.89. The van der Waals surface area contributed by atoms with Crippen LogP contribution in [0.1, 0.15) is 32.0 Å². The Labute approximate surface area is 178 Å². The Hall–Kier alpha value is -3.57. The van der Waals surface area contributed by atoms with Crippen LogP contribution in [0.3, 0.4) is 0 Å². The molecule has 1 heterocycles. The summed E-state index contributed by atoms with van der Waals surface area (Å²) in [7, 11) is 1.57. The number of nitrogens with one attached hydrogen (secondary N) is 1. The van der Waals surface area contributed by atoms with E-state index in [0.29, 0.717) is 33.2 Å². The van der Waals surface area contributed by atoms with E-state index in [2.05, 4.69) is 5.32 Å². The number of ketones is 1. The Morgan fingerprint density at radius 1 is 1.00 bits per heavy atom. The first kappa shape index (κ1) is 19.7. The summed E-state index contributed by atoms with van der Waals surface area (Å²) in [4.78, 5) is 25.4. The first-order valence-electron chi connectivity index (χ1n) is 9.25. The molecule has 0 atom stereocenters. The molecule has 0 radical (unpaired) electrons. The van der Waals surface area contributed by atoms with E-state index in [1.165, 1.54) is 0 Å². The minimum Gasteiger partial charge on any atom is -0.497 e. The van der Waals surface area contributed by atoms with E-state index in [-0.39, 0.29) is 17.5 Å². The Morgan fingerprint density at radius 3 is 2.43 bits per heavy atom. The molecule has 6 heteroatoms. The number of benzene rings is 3. The summed E-state index contributed by atoms with van der Waals surface area (Å²) >= 11 is 6.09. The topological polar surface area (TPSA) is 68.5 Å². The quantitative estimate of drug-likeness (QED) is 0.410. The lowest BCUT2D eigenvalue weighted by Gasteiger charge is -2.06. The fraction of sp³-hybridized carbons (Fsp3) is 0.0833. The van der Waals surface area contributed by atoms with Crippen molar-refractivity contribution in [1.82, 2.24) is 0 Å². The highest BCUT2D eigenvalue weighted by Crippen LogP contribution is 2.30. The minimum atomic E-state index is -0.322. The third-order valence-corrected chi connectivity index (χ3v) is 5.20. The van der Waals surface area contributed by atoms with E-state index in [0.717, 1.165) is 10.9 Å². The van der Waals surface area contributed by atoms with E-state index in [1.54, 1.807) is 67.8 Å². The molecule has 30 heavy (non-hydrogen) atoms. The van der Waals surface area contributed by atoms with Crippen molar-refractivity contribution in [3.05, 3.63) is 94.2 Å². The number of hydrogen-bond acceptors (Lipinski definition) is 4. The molecule has 0 unspecified atom stereocenters. The number of furan rings is 1. The lowest BCUT2D eigenvalue weighted by Crippen LogP contribution is -2.12. The van der Waals surface area contributed by atoms with Crippen molar-refractivity contribution in [1.29, 1.82) is 0 Å². The molecule has 0 spiro atoms. The second-order valence-electron chi connectivity index (χ2n) is 6.76. The number of hydrogen-bond donors (Lipinski definition) is 1. The monoisotopic (exact) mass is 419 g/mol. The third-order valence-electron chi connectivity index (χ3n) is 4.87. The number of rotatable bonds is 5. The summed E-state index contributed by atoms with van der Waals surface area (Å²) in [6, 6.07) is 19.0. The summed E-state index contributed by atoms with van der Waals surface area (Å²) in [5, 5.41) is 3.99. The zero-order chi connectivity index (χ0) is 21.3. The van der Waals surface area contributed by atoms with Crippen LogP contribution in [0.4, 0.5) is 5.69 Å². The van der Waals surface area contributed by atoms with Crippen LogP contribution < -0.4 is 10.1 Å². The second kappa shape index (κ2) is 8.05. The van der Waals surface area contributed by atoms with E-state index in [4.69, 9.17) is 20.8 Å². The zero-order valence-electron chi connectivity index (χ0n) is 16.4. The second-order valence-corrected chi connectivity index (χ2v) is 7.17. The molecule has 0 aliphatic rings. The molecule has 3 aromatic carbocycles. The summed E-state index contributed by atoms with van der Waals surface area (Å²) in [6.45, 7) is 1.84. The zero-order valence-corrected chi connectivity index (χ0v) is 17.1. The Kier molecular flexibility index (Phi) is 5.29. The molecular weight excluding hydrogens is 402 g/mol. The number of ether oxygens (including phenoxy) is 1. The Bertz CT molecular complexity index is 1260. The van der Waals surface area contributed by atoms with Gasteiger partial charge in [-0.3, -0.25) is 9.59 Å². The fourth-order valence-electron chi connectivity index (χ4n) is 3.24. The highest BCUT2D eigenvalue weighted by Gasteiger charge is 2.20. The Balaban J connectivity index is 1.63. The number of carbonyl (C=O) groups excluding carboxylic acids is 2. The SMILES string of the molecule is COc1ccc(C(=O)c2oc3cc(NC(=O)c4ccccc4Cl)ccc3c2C)cc1. The van der Waals surface area contributed by atoms with Crippen LogP contribution in [-0.2, 0) is 0 Å². The van der Waals surface area contributed by atoms with E-state index >= 15 is 0 Å². The van der Waals surface area contributed by atoms with Gasteiger partial charge in [-0.25, -0.2) is 0 Å². The maximum absolute atomic E-state index is 12.9. The predicted molar refractivity (Wildman–Crippen MR) is 117 cm³/mol. The van der Waals surface area contributed by atoms with Gasteiger partial charge in [-0.1, -0.05) is 23.7 Å². The molecule has 1 amide bonds. The van der Waals surface area contributed by atoms with E-state index in [9.17, 15) is 9.59 Å². The molecular formula is C24H18ClNO4. The smallest absolute Gasteiger partial charge is 0.257 e. The van der Waals surface area contributed by atoms with Crippen LogP contribution in [0.5, 0.6) is 5.75 Å². The lowest BCUT2D eigenvalue weighted by atomic mass is 10.0. The highest BCUT2D eigenvalue weighted by molar-refractivity contribution is 6.34. The number of carbonyl (C=O) groups is 2. The average Bonchev–Trinajstić information content (AvgIpc) is 3.09. The highest BCUT2D eigenvalue weighted by atomic mass is 35.5. The molecule has 0 fully saturated rings. The number of fused-ring (bicyclic) bond motifs is 1. The van der Waals surface area contributed by atoms with Gasteiger partial charge in [0, 0.05) is 28.3 Å². The van der Waals surface area contributed by atoms with Crippen molar-refractivity contribution in [2.75, 3.05) is 12.4 Å². The summed E-state index contributed by atoms with van der Waals surface area (Å²) < 4.78 is 11.0. The molecule has 150 valence electrons. The fourth-order valence-corrected chi connectivity index (χ4v) is 3.46. The van der Waals surface area contributed by atoms with Crippen molar-refractivity contribution < 1.29 is 18.7 Å². The van der Waals surface area contributed by atoms with E-state index in [1.807, 2.05) is 13.0 Å². The maximum atomic E-state index is 12.9. The van der Waals surface area contributed by atoms with Crippen LogP contribution in [0.25, 0.3) is 11.0 Å². The molecule has 1 aromatic heterocycles. The standard InChI is InChI=1S/C24H18ClNO4/c1-14-18-12-9-16(26-24(28)19-5-3-4-6-20(19)25)13-21(18)30-23(14)22(27)15-7-10-17(29-2)11-8-15/h3-13H,1-2H3,(H,26,28). The first-order valence-corrected chi connectivity index (χ1v) is 9.63. The van der Waals surface area contributed by atoms with Crippen molar-refractivity contribution in [2.45, 2.75) is 6.92 Å². The normalized spacial score (nSPS) is 10.8. The average molecular weight is 420 g/mol. The summed E-state index contributed by atoms with van der Waals surface area (Å²) in [5.74, 6) is 0.405. The number of anilines is 1. The van der Waals surface area contributed by atoms with Gasteiger partial charge in [-0.15, -0.1) is 0 Å². The lowest BCUT2D eigenvalue weighted by molar-refractivity contribution is 0.101. The number of aryl methyl sites for hydroxylation is 1.